The quantitative estimate of drug-likeness (QED) is 0.676. The molecule has 0 saturated carbocycles. The zero-order valence-electron chi connectivity index (χ0n) is 14.5. The number of amides is 1. The molecule has 0 atom stereocenters. The number of halogens is 2. The Morgan fingerprint density at radius 1 is 0.826 bits per heavy atom. The van der Waals surface area contributed by atoms with Crippen molar-refractivity contribution in [3.8, 4) is 0 Å². The van der Waals surface area contributed by atoms with Gasteiger partial charge >= 0.3 is 0 Å². The van der Waals surface area contributed by atoms with E-state index in [1.807, 2.05) is 33.1 Å². The molecular formula is C17H27Cl2N3O. The molecule has 0 aromatic heterocycles. The smallest absolute Gasteiger partial charge is 0.253 e. The fourth-order valence-corrected chi connectivity index (χ4v) is 2.86. The molecule has 23 heavy (non-hydrogen) atoms. The van der Waals surface area contributed by atoms with Crippen molar-refractivity contribution in [2.45, 2.75) is 12.8 Å². The molecule has 0 N–H and O–H groups in total. The van der Waals surface area contributed by atoms with Crippen LogP contribution in [0.25, 0.3) is 0 Å². The zero-order chi connectivity index (χ0) is 17.4. The molecule has 1 aromatic carbocycles. The fourth-order valence-electron chi connectivity index (χ4n) is 2.33. The number of carbonyl (C=O) groups is 1. The first kappa shape index (κ1) is 20.2. The molecule has 130 valence electrons. The first-order valence-corrected chi connectivity index (χ1v) is 8.60. The average molecular weight is 360 g/mol. The van der Waals surface area contributed by atoms with E-state index in [0.717, 1.165) is 39.0 Å². The molecule has 4 nitrogen and oxygen atoms in total. The van der Waals surface area contributed by atoms with E-state index in [9.17, 15) is 4.79 Å². The Bertz CT molecular complexity index is 472. The monoisotopic (exact) mass is 359 g/mol. The van der Waals surface area contributed by atoms with Gasteiger partial charge < -0.3 is 14.7 Å². The second-order valence-corrected chi connectivity index (χ2v) is 7.14. The zero-order valence-corrected chi connectivity index (χ0v) is 16.0. The van der Waals surface area contributed by atoms with Gasteiger partial charge in [-0.3, -0.25) is 4.79 Å². The third-order valence-electron chi connectivity index (χ3n) is 3.46. The van der Waals surface area contributed by atoms with Gasteiger partial charge in [-0.25, -0.2) is 0 Å². The molecule has 6 heteroatoms. The summed E-state index contributed by atoms with van der Waals surface area (Å²) in [4.78, 5) is 18.9. The van der Waals surface area contributed by atoms with E-state index in [1.54, 1.807) is 18.2 Å². The molecule has 0 aliphatic rings. The molecule has 0 unspecified atom stereocenters. The third kappa shape index (κ3) is 8.02. The van der Waals surface area contributed by atoms with Crippen LogP contribution in [0.15, 0.2) is 18.2 Å². The van der Waals surface area contributed by atoms with Crippen molar-refractivity contribution in [2.24, 2.45) is 0 Å². The topological polar surface area (TPSA) is 26.8 Å². The summed E-state index contributed by atoms with van der Waals surface area (Å²) in [6, 6.07) is 5.00. The van der Waals surface area contributed by atoms with E-state index in [0.29, 0.717) is 15.6 Å². The maximum absolute atomic E-state index is 12.8. The minimum absolute atomic E-state index is 0.00749. The van der Waals surface area contributed by atoms with Gasteiger partial charge in [-0.1, -0.05) is 23.2 Å². The minimum Gasteiger partial charge on any atom is -0.339 e. The lowest BCUT2D eigenvalue weighted by molar-refractivity contribution is 0.0744. The van der Waals surface area contributed by atoms with Crippen LogP contribution in [-0.4, -0.2) is 75.0 Å². The number of carbonyl (C=O) groups excluding carboxylic acids is 1. The van der Waals surface area contributed by atoms with E-state index in [4.69, 9.17) is 23.2 Å². The lowest BCUT2D eigenvalue weighted by atomic mass is 10.2. The Labute approximate surface area is 149 Å². The fraction of sp³-hybridized carbons (Fsp3) is 0.588. The standard InChI is InChI=1S/C17H27Cl2N3O/c1-20(2)7-5-9-22(10-6-8-21(3)4)17(23)14-11-15(18)13-16(19)12-14/h11-13H,5-10H2,1-4H3. The molecule has 0 bridgehead atoms. The molecule has 0 fully saturated rings. The highest BCUT2D eigenvalue weighted by Crippen LogP contribution is 2.20. The highest BCUT2D eigenvalue weighted by Gasteiger charge is 2.16. The summed E-state index contributed by atoms with van der Waals surface area (Å²) < 4.78 is 0. The van der Waals surface area contributed by atoms with Crippen LogP contribution < -0.4 is 0 Å². The Balaban J connectivity index is 2.76. The van der Waals surface area contributed by atoms with E-state index < -0.39 is 0 Å². The highest BCUT2D eigenvalue weighted by molar-refractivity contribution is 6.35. The molecular weight excluding hydrogens is 333 g/mol. The molecule has 1 aromatic rings. The molecule has 0 heterocycles. The summed E-state index contributed by atoms with van der Waals surface area (Å²) in [6.07, 6.45) is 1.88. The molecule has 0 radical (unpaired) electrons. The largest absolute Gasteiger partial charge is 0.339 e. The van der Waals surface area contributed by atoms with Gasteiger partial charge in [0.15, 0.2) is 0 Å². The summed E-state index contributed by atoms with van der Waals surface area (Å²) in [5.41, 5.74) is 0.553. The van der Waals surface area contributed by atoms with Crippen molar-refractivity contribution in [1.29, 1.82) is 0 Å². The van der Waals surface area contributed by atoms with Crippen LogP contribution in [0.4, 0.5) is 0 Å². The van der Waals surface area contributed by atoms with E-state index >= 15 is 0 Å². The Morgan fingerprint density at radius 2 is 1.26 bits per heavy atom. The van der Waals surface area contributed by atoms with Crippen molar-refractivity contribution < 1.29 is 4.79 Å². The molecule has 1 rings (SSSR count). The normalized spacial score (nSPS) is 11.3. The third-order valence-corrected chi connectivity index (χ3v) is 3.90. The molecule has 1 amide bonds. The lowest BCUT2D eigenvalue weighted by Gasteiger charge is -2.24. The van der Waals surface area contributed by atoms with Crippen molar-refractivity contribution >= 4 is 29.1 Å². The first-order valence-electron chi connectivity index (χ1n) is 7.84. The predicted octanol–water partition coefficient (Wildman–Crippen LogP) is 3.34. The summed E-state index contributed by atoms with van der Waals surface area (Å²) in [7, 11) is 8.15. The van der Waals surface area contributed by atoms with Gasteiger partial charge in [-0.05, 0) is 72.3 Å². The van der Waals surface area contributed by atoms with Crippen LogP contribution >= 0.6 is 23.2 Å². The summed E-state index contributed by atoms with van der Waals surface area (Å²) in [5.74, 6) is -0.00749. The van der Waals surface area contributed by atoms with Crippen LogP contribution in [0.1, 0.15) is 23.2 Å². The van der Waals surface area contributed by atoms with Gasteiger partial charge in [0.25, 0.3) is 5.91 Å². The summed E-state index contributed by atoms with van der Waals surface area (Å²) in [5, 5.41) is 0.977. The Morgan fingerprint density at radius 3 is 1.65 bits per heavy atom. The van der Waals surface area contributed by atoms with Crippen LogP contribution in [0.5, 0.6) is 0 Å². The van der Waals surface area contributed by atoms with Gasteiger partial charge in [-0.2, -0.15) is 0 Å². The van der Waals surface area contributed by atoms with Gasteiger partial charge in [0.1, 0.15) is 0 Å². The number of hydrogen-bond acceptors (Lipinski definition) is 3. The summed E-state index contributed by atoms with van der Waals surface area (Å²) >= 11 is 12.0. The van der Waals surface area contributed by atoms with Gasteiger partial charge in [0, 0.05) is 28.7 Å². The van der Waals surface area contributed by atoms with E-state index in [1.165, 1.54) is 0 Å². The van der Waals surface area contributed by atoms with Crippen LogP contribution in [0, 0.1) is 0 Å². The van der Waals surface area contributed by atoms with Crippen LogP contribution in [0.2, 0.25) is 10.0 Å². The number of hydrogen-bond donors (Lipinski definition) is 0. The predicted molar refractivity (Wildman–Crippen MR) is 98.7 cm³/mol. The van der Waals surface area contributed by atoms with Crippen molar-refractivity contribution in [3.05, 3.63) is 33.8 Å². The Kier molecular flexibility index (Phi) is 8.92. The van der Waals surface area contributed by atoms with Crippen LogP contribution in [0.3, 0.4) is 0 Å². The molecule has 0 aliphatic carbocycles. The maximum atomic E-state index is 12.8. The second-order valence-electron chi connectivity index (χ2n) is 6.26. The average Bonchev–Trinajstić information content (AvgIpc) is 2.43. The number of nitrogens with zero attached hydrogens (tertiary/aromatic N) is 3. The van der Waals surface area contributed by atoms with E-state index in [-0.39, 0.29) is 5.91 Å². The van der Waals surface area contributed by atoms with E-state index in [2.05, 4.69) is 9.80 Å². The van der Waals surface area contributed by atoms with Crippen molar-refractivity contribution in [1.82, 2.24) is 14.7 Å². The van der Waals surface area contributed by atoms with Crippen LogP contribution in [-0.2, 0) is 0 Å². The molecule has 0 spiro atoms. The van der Waals surface area contributed by atoms with Crippen molar-refractivity contribution in [3.63, 3.8) is 0 Å². The van der Waals surface area contributed by atoms with Gasteiger partial charge in [0.05, 0.1) is 0 Å². The number of rotatable bonds is 9. The Hall–Kier alpha value is -0.810. The van der Waals surface area contributed by atoms with Gasteiger partial charge in [-0.15, -0.1) is 0 Å². The molecule has 0 saturated heterocycles. The number of benzene rings is 1. The summed E-state index contributed by atoms with van der Waals surface area (Å²) in [6.45, 7) is 3.37. The molecule has 0 aliphatic heterocycles. The second kappa shape index (κ2) is 10.1. The SMILES string of the molecule is CN(C)CCCN(CCCN(C)C)C(=O)c1cc(Cl)cc(Cl)c1. The van der Waals surface area contributed by atoms with Crippen molar-refractivity contribution in [2.75, 3.05) is 54.4 Å². The first-order chi connectivity index (χ1) is 10.8. The minimum atomic E-state index is -0.00749. The lowest BCUT2D eigenvalue weighted by Crippen LogP contribution is -2.35. The maximum Gasteiger partial charge on any atom is 0.253 e. The highest BCUT2D eigenvalue weighted by atomic mass is 35.5. The van der Waals surface area contributed by atoms with Gasteiger partial charge in [0.2, 0.25) is 0 Å².